The van der Waals surface area contributed by atoms with Gasteiger partial charge in [0, 0.05) is 36.8 Å². The predicted octanol–water partition coefficient (Wildman–Crippen LogP) is 7.16. The number of halogens is 3. The lowest BCUT2D eigenvalue weighted by Gasteiger charge is -2.25. The van der Waals surface area contributed by atoms with Gasteiger partial charge in [-0.2, -0.15) is 9.97 Å². The van der Waals surface area contributed by atoms with Crippen LogP contribution in [0.3, 0.4) is 0 Å². The molecule has 57 heavy (non-hydrogen) atoms. The van der Waals surface area contributed by atoms with Crippen LogP contribution in [0.1, 0.15) is 78.7 Å². The number of hydrogen-bond acceptors (Lipinski definition) is 11. The van der Waals surface area contributed by atoms with Gasteiger partial charge in [-0.15, -0.1) is 6.42 Å². The van der Waals surface area contributed by atoms with E-state index in [-0.39, 0.29) is 58.6 Å². The smallest absolute Gasteiger partial charge is 0.408 e. The molecule has 2 fully saturated rings. The molecule has 0 unspecified atom stereocenters. The number of carbonyl (C=O) groups is 2. The summed E-state index contributed by atoms with van der Waals surface area (Å²) in [5.74, 6) is -0.189. The molecule has 0 saturated carbocycles. The average Bonchev–Trinajstić information content (AvgIpc) is 3.43. The van der Waals surface area contributed by atoms with Crippen LogP contribution in [0.25, 0.3) is 32.9 Å². The monoisotopic (exact) mass is 789 g/mol. The molecule has 2 aliphatic heterocycles. The Balaban J connectivity index is 1.44. The number of fused-ring (bicyclic) bond motifs is 2. The molecule has 0 spiro atoms. The second-order valence-corrected chi connectivity index (χ2v) is 15.9. The van der Waals surface area contributed by atoms with Crippen molar-refractivity contribution in [2.24, 2.45) is 11.8 Å². The molecule has 3 N–H and O–H groups in total. The predicted molar refractivity (Wildman–Crippen MR) is 212 cm³/mol. The topological polar surface area (TPSA) is 140 Å². The van der Waals surface area contributed by atoms with Gasteiger partial charge in [0.2, 0.25) is 0 Å². The fourth-order valence-corrected chi connectivity index (χ4v) is 7.12. The van der Waals surface area contributed by atoms with Crippen molar-refractivity contribution in [3.63, 3.8) is 0 Å². The fourth-order valence-electron chi connectivity index (χ4n) is 7.12. The first-order chi connectivity index (χ1) is 27.2. The maximum atomic E-state index is 17.3. The summed E-state index contributed by atoms with van der Waals surface area (Å²) in [5.41, 5.74) is 2.08. The van der Waals surface area contributed by atoms with Gasteiger partial charge in [0.25, 0.3) is 0 Å². The highest BCUT2D eigenvalue weighted by Crippen LogP contribution is 2.39. The molecular weight excluding hydrogens is 740 g/mol. The third-order valence-electron chi connectivity index (χ3n) is 9.88. The van der Waals surface area contributed by atoms with E-state index in [1.165, 1.54) is 30.5 Å². The number of esters is 1. The molecule has 2 saturated heterocycles. The minimum absolute atomic E-state index is 0.0308. The first kappa shape index (κ1) is 41.4. The standard InChI is InChI=1S/C42H50F3N7O5/c1-7-29-32(44)14-13-26-19-28(56-39(53)35(24(2)3)50-41(54)57-42(4,5)6)20-30(33(26)29)36-34(45)37-31(22-47-36)38(52-17-10-8-9-16-48-52)51-40(49-37)55-23-25-12-11-15-46-21-27(43)18-25/h1,13-14,19-20,22,24-25,27,35,46,48H,8-12,15-18,21,23H2,2-6H3,(H,50,54)/t25-,27-,35+/m1/s1. The van der Waals surface area contributed by atoms with Crippen LogP contribution in [0, 0.1) is 35.8 Å². The number of terminal acetylenes is 1. The van der Waals surface area contributed by atoms with Crippen LogP contribution >= 0.6 is 0 Å². The van der Waals surface area contributed by atoms with E-state index in [1.807, 2.05) is 5.01 Å². The Bertz CT molecular complexity index is 2150. The van der Waals surface area contributed by atoms with Crippen LogP contribution in [0.15, 0.2) is 30.5 Å². The van der Waals surface area contributed by atoms with Crippen molar-refractivity contribution in [2.75, 3.05) is 37.8 Å². The van der Waals surface area contributed by atoms with E-state index in [1.54, 1.807) is 34.6 Å². The number of anilines is 1. The lowest BCUT2D eigenvalue weighted by Crippen LogP contribution is -2.48. The molecule has 6 rings (SSSR count). The van der Waals surface area contributed by atoms with Gasteiger partial charge in [-0.25, -0.2) is 28.2 Å². The highest BCUT2D eigenvalue weighted by molar-refractivity contribution is 6.03. The molecule has 0 bridgehead atoms. The molecule has 12 nitrogen and oxygen atoms in total. The van der Waals surface area contributed by atoms with Crippen molar-refractivity contribution in [2.45, 2.75) is 91.0 Å². The lowest BCUT2D eigenvalue weighted by atomic mass is 9.95. The van der Waals surface area contributed by atoms with Crippen molar-refractivity contribution >= 4 is 39.6 Å². The van der Waals surface area contributed by atoms with Crippen LogP contribution in [-0.2, 0) is 9.53 Å². The molecule has 2 aromatic carbocycles. The highest BCUT2D eigenvalue weighted by Gasteiger charge is 2.30. The Hall–Kier alpha value is -5.20. The van der Waals surface area contributed by atoms with Gasteiger partial charge < -0.3 is 24.8 Å². The van der Waals surface area contributed by atoms with Gasteiger partial charge in [0.1, 0.15) is 40.6 Å². The van der Waals surface area contributed by atoms with Crippen LogP contribution in [0.2, 0.25) is 0 Å². The van der Waals surface area contributed by atoms with Crippen molar-refractivity contribution in [1.29, 1.82) is 0 Å². The van der Waals surface area contributed by atoms with Crippen molar-refractivity contribution < 1.29 is 37.0 Å². The first-order valence-electron chi connectivity index (χ1n) is 19.5. The molecular formula is C42H50F3N7O5. The Morgan fingerprint density at radius 1 is 1.11 bits per heavy atom. The average molecular weight is 790 g/mol. The normalized spacial score (nSPS) is 18.6. The van der Waals surface area contributed by atoms with Gasteiger partial charge in [0.15, 0.2) is 11.6 Å². The molecule has 3 atom stereocenters. The zero-order chi connectivity index (χ0) is 40.9. The van der Waals surface area contributed by atoms with Crippen LogP contribution in [0.4, 0.5) is 23.8 Å². The second kappa shape index (κ2) is 17.9. The number of alkyl halides is 1. The number of carbonyl (C=O) groups excluding carboxylic acids is 2. The molecule has 0 aliphatic carbocycles. The van der Waals surface area contributed by atoms with Gasteiger partial charge in [-0.3, -0.25) is 9.99 Å². The summed E-state index contributed by atoms with van der Waals surface area (Å²) in [6.45, 7) is 10.9. The lowest BCUT2D eigenvalue weighted by molar-refractivity contribution is -0.137. The summed E-state index contributed by atoms with van der Waals surface area (Å²) in [6.07, 6.45) is 10.1. The number of hydrogen-bond donors (Lipinski definition) is 3. The van der Waals surface area contributed by atoms with Crippen LogP contribution < -0.4 is 30.5 Å². The number of aromatic nitrogens is 3. The Morgan fingerprint density at radius 2 is 1.91 bits per heavy atom. The van der Waals surface area contributed by atoms with Crippen molar-refractivity contribution in [3.05, 3.63) is 47.7 Å². The van der Waals surface area contributed by atoms with Crippen LogP contribution in [0.5, 0.6) is 11.8 Å². The van der Waals surface area contributed by atoms with Crippen LogP contribution in [-0.4, -0.2) is 77.6 Å². The van der Waals surface area contributed by atoms with Gasteiger partial charge in [-0.05, 0) is 94.8 Å². The number of alkyl carbamates (subject to hydrolysis) is 1. The highest BCUT2D eigenvalue weighted by atomic mass is 19.1. The Labute approximate surface area is 330 Å². The fraction of sp³-hybridized carbons (Fsp3) is 0.500. The molecule has 4 heterocycles. The summed E-state index contributed by atoms with van der Waals surface area (Å²) in [7, 11) is 0. The van der Waals surface area contributed by atoms with E-state index in [4.69, 9.17) is 25.6 Å². The quantitative estimate of drug-likeness (QED) is 0.0905. The van der Waals surface area contributed by atoms with E-state index in [0.29, 0.717) is 42.6 Å². The number of rotatable bonds is 9. The molecule has 1 amide bonds. The summed E-state index contributed by atoms with van der Waals surface area (Å²) in [5, 5.41) is 8.31. The van der Waals surface area contributed by atoms with E-state index in [9.17, 15) is 14.0 Å². The first-order valence-corrected chi connectivity index (χ1v) is 19.5. The SMILES string of the molecule is C#Cc1c(F)ccc2cc(OC(=O)[C@@H](NC(=O)OC(C)(C)C)C(C)C)cc(-c3ncc4c(N5CCCCCN5)nc(OC[C@@H]5CCCNC[C@H](F)C5)nc4c3F)c12. The molecule has 15 heteroatoms. The van der Waals surface area contributed by atoms with E-state index in [0.717, 1.165) is 32.1 Å². The molecule has 4 aromatic rings. The zero-order valence-corrected chi connectivity index (χ0v) is 33.0. The summed E-state index contributed by atoms with van der Waals surface area (Å²) in [4.78, 5) is 40.0. The molecule has 0 radical (unpaired) electrons. The number of ether oxygens (including phenoxy) is 3. The van der Waals surface area contributed by atoms with Crippen molar-refractivity contribution in [1.82, 2.24) is 31.0 Å². The second-order valence-electron chi connectivity index (χ2n) is 15.9. The number of hydrazine groups is 1. The third-order valence-corrected chi connectivity index (χ3v) is 9.88. The third kappa shape index (κ3) is 10.0. The van der Waals surface area contributed by atoms with Gasteiger partial charge in [0.05, 0.1) is 17.6 Å². The minimum Gasteiger partial charge on any atom is -0.463 e. The Morgan fingerprint density at radius 3 is 2.67 bits per heavy atom. The molecule has 304 valence electrons. The summed E-state index contributed by atoms with van der Waals surface area (Å²) >= 11 is 0. The number of pyridine rings is 1. The number of benzene rings is 2. The summed E-state index contributed by atoms with van der Waals surface area (Å²) < 4.78 is 64.4. The maximum absolute atomic E-state index is 17.3. The number of nitrogens with one attached hydrogen (secondary N) is 3. The van der Waals surface area contributed by atoms with Crippen molar-refractivity contribution in [3.8, 4) is 35.4 Å². The summed E-state index contributed by atoms with van der Waals surface area (Å²) in [6, 6.07) is 4.25. The van der Waals surface area contributed by atoms with Gasteiger partial charge in [-0.1, -0.05) is 32.3 Å². The number of nitrogens with zero attached hydrogens (tertiary/aromatic N) is 4. The molecule has 2 aliphatic rings. The largest absolute Gasteiger partial charge is 0.463 e. The van der Waals surface area contributed by atoms with E-state index in [2.05, 4.69) is 31.9 Å². The Kier molecular flexibility index (Phi) is 13.0. The molecule has 2 aromatic heterocycles. The van der Waals surface area contributed by atoms with E-state index < -0.39 is 47.4 Å². The minimum atomic E-state index is -1.11. The maximum Gasteiger partial charge on any atom is 0.408 e. The van der Waals surface area contributed by atoms with Gasteiger partial charge >= 0.3 is 18.1 Å². The number of amides is 1. The van der Waals surface area contributed by atoms with E-state index >= 15 is 8.78 Å². The zero-order valence-electron chi connectivity index (χ0n) is 33.0.